The summed E-state index contributed by atoms with van der Waals surface area (Å²) in [6.45, 7) is 2.51. The second-order valence-corrected chi connectivity index (χ2v) is 4.58. The lowest BCUT2D eigenvalue weighted by Crippen LogP contribution is -2.25. The minimum absolute atomic E-state index is 0.168. The molecule has 2 aliphatic rings. The van der Waals surface area contributed by atoms with E-state index in [4.69, 9.17) is 0 Å². The smallest absolute Gasteiger partial charge is 0.223 e. The molecule has 0 spiro atoms. The van der Waals surface area contributed by atoms with E-state index in [0.717, 1.165) is 24.6 Å². The molecule has 0 bridgehead atoms. The Bertz CT molecular complexity index is 421. The van der Waals surface area contributed by atoms with Crippen molar-refractivity contribution < 1.29 is 4.79 Å². The standard InChI is InChI=1S/C13H15NO/c1-9(15)14-7-6-11-4-5-12(8-13(11)14)10-2-3-10/h4-5,8,10H,2-3,6-7H2,1H3. The third-order valence-electron chi connectivity index (χ3n) is 3.43. The number of hydrogen-bond acceptors (Lipinski definition) is 1. The number of rotatable bonds is 1. The Labute approximate surface area is 89.9 Å². The SMILES string of the molecule is CC(=O)N1CCc2ccc(C3CC3)cc21. The zero-order valence-corrected chi connectivity index (χ0v) is 8.99. The van der Waals surface area contributed by atoms with Crippen molar-refractivity contribution in [3.63, 3.8) is 0 Å². The first-order valence-corrected chi connectivity index (χ1v) is 5.66. The molecule has 1 saturated carbocycles. The van der Waals surface area contributed by atoms with Crippen molar-refractivity contribution in [2.45, 2.75) is 32.1 Å². The van der Waals surface area contributed by atoms with Gasteiger partial charge in [-0.15, -0.1) is 0 Å². The Balaban J connectivity index is 2.01. The van der Waals surface area contributed by atoms with Crippen molar-refractivity contribution in [3.8, 4) is 0 Å². The Kier molecular flexibility index (Phi) is 1.84. The van der Waals surface area contributed by atoms with Gasteiger partial charge in [0, 0.05) is 19.2 Å². The van der Waals surface area contributed by atoms with Crippen LogP contribution in [-0.4, -0.2) is 12.5 Å². The first-order chi connectivity index (χ1) is 7.25. The number of benzene rings is 1. The normalized spacial score (nSPS) is 19.1. The minimum Gasteiger partial charge on any atom is -0.312 e. The third kappa shape index (κ3) is 1.44. The van der Waals surface area contributed by atoms with Gasteiger partial charge in [0.15, 0.2) is 0 Å². The Morgan fingerprint density at radius 1 is 1.40 bits per heavy atom. The zero-order valence-electron chi connectivity index (χ0n) is 8.99. The van der Waals surface area contributed by atoms with E-state index in [1.54, 1.807) is 6.92 Å². The molecule has 1 aliphatic heterocycles. The van der Waals surface area contributed by atoms with Crippen LogP contribution < -0.4 is 4.90 Å². The number of hydrogen-bond donors (Lipinski definition) is 0. The van der Waals surface area contributed by atoms with E-state index in [0.29, 0.717) is 0 Å². The van der Waals surface area contributed by atoms with Crippen LogP contribution in [0.1, 0.15) is 36.8 Å². The van der Waals surface area contributed by atoms with Gasteiger partial charge in [0.25, 0.3) is 0 Å². The van der Waals surface area contributed by atoms with E-state index in [-0.39, 0.29) is 5.91 Å². The molecule has 78 valence electrons. The first-order valence-electron chi connectivity index (χ1n) is 5.66. The third-order valence-corrected chi connectivity index (χ3v) is 3.43. The molecule has 3 rings (SSSR count). The van der Waals surface area contributed by atoms with Gasteiger partial charge in [0.2, 0.25) is 5.91 Å². The van der Waals surface area contributed by atoms with Crippen molar-refractivity contribution in [1.82, 2.24) is 0 Å². The molecule has 1 amide bonds. The Morgan fingerprint density at radius 2 is 2.20 bits per heavy atom. The second kappa shape index (κ2) is 3.09. The highest BCUT2D eigenvalue weighted by atomic mass is 16.2. The number of fused-ring (bicyclic) bond motifs is 1. The van der Waals surface area contributed by atoms with Crippen molar-refractivity contribution >= 4 is 11.6 Å². The fourth-order valence-corrected chi connectivity index (χ4v) is 2.39. The molecule has 0 unspecified atom stereocenters. The van der Waals surface area contributed by atoms with E-state index >= 15 is 0 Å². The maximum atomic E-state index is 11.4. The molecule has 0 atom stereocenters. The monoisotopic (exact) mass is 201 g/mol. The van der Waals surface area contributed by atoms with Crippen molar-refractivity contribution in [2.75, 3.05) is 11.4 Å². The summed E-state index contributed by atoms with van der Waals surface area (Å²) >= 11 is 0. The van der Waals surface area contributed by atoms with E-state index < -0.39 is 0 Å². The van der Waals surface area contributed by atoms with E-state index in [2.05, 4.69) is 18.2 Å². The van der Waals surface area contributed by atoms with Gasteiger partial charge in [-0.05, 0) is 42.4 Å². The van der Waals surface area contributed by atoms with E-state index in [9.17, 15) is 4.79 Å². The van der Waals surface area contributed by atoms with Crippen LogP contribution in [0.4, 0.5) is 5.69 Å². The van der Waals surface area contributed by atoms with Crippen LogP contribution in [0.2, 0.25) is 0 Å². The van der Waals surface area contributed by atoms with Crippen molar-refractivity contribution in [2.24, 2.45) is 0 Å². The van der Waals surface area contributed by atoms with Crippen LogP contribution >= 0.6 is 0 Å². The molecule has 1 fully saturated rings. The molecule has 0 radical (unpaired) electrons. The summed E-state index contributed by atoms with van der Waals surface area (Å²) in [6.07, 6.45) is 3.65. The molecule has 2 heteroatoms. The van der Waals surface area contributed by atoms with Crippen LogP contribution in [0.3, 0.4) is 0 Å². The predicted octanol–water partition coefficient (Wildman–Crippen LogP) is 2.47. The van der Waals surface area contributed by atoms with Crippen molar-refractivity contribution in [3.05, 3.63) is 29.3 Å². The van der Waals surface area contributed by atoms with Gasteiger partial charge >= 0.3 is 0 Å². The molecule has 15 heavy (non-hydrogen) atoms. The summed E-state index contributed by atoms with van der Waals surface area (Å²) in [5.41, 5.74) is 3.91. The van der Waals surface area contributed by atoms with Crippen LogP contribution in [-0.2, 0) is 11.2 Å². The molecular weight excluding hydrogens is 186 g/mol. The lowest BCUT2D eigenvalue weighted by atomic mass is 10.1. The average molecular weight is 201 g/mol. The van der Waals surface area contributed by atoms with Crippen LogP contribution in [0.15, 0.2) is 18.2 Å². The molecule has 1 heterocycles. The fourth-order valence-electron chi connectivity index (χ4n) is 2.39. The molecule has 1 aromatic rings. The average Bonchev–Trinajstić information content (AvgIpc) is 2.97. The highest BCUT2D eigenvalue weighted by molar-refractivity contribution is 5.93. The Hall–Kier alpha value is -1.31. The lowest BCUT2D eigenvalue weighted by molar-refractivity contribution is -0.116. The van der Waals surface area contributed by atoms with E-state index in [1.807, 2.05) is 4.90 Å². The quantitative estimate of drug-likeness (QED) is 0.683. The number of anilines is 1. The lowest BCUT2D eigenvalue weighted by Gasteiger charge is -2.15. The van der Waals surface area contributed by atoms with Crippen molar-refractivity contribution in [1.29, 1.82) is 0 Å². The number of nitrogens with zero attached hydrogens (tertiary/aromatic N) is 1. The van der Waals surface area contributed by atoms with Crippen LogP contribution in [0, 0.1) is 0 Å². The topological polar surface area (TPSA) is 20.3 Å². The maximum absolute atomic E-state index is 11.4. The van der Waals surface area contributed by atoms with Gasteiger partial charge in [-0.25, -0.2) is 0 Å². The largest absolute Gasteiger partial charge is 0.312 e. The van der Waals surface area contributed by atoms with Gasteiger partial charge in [-0.2, -0.15) is 0 Å². The molecule has 1 aromatic carbocycles. The summed E-state index contributed by atoms with van der Waals surface area (Å²) in [5, 5.41) is 0. The molecule has 0 N–H and O–H groups in total. The molecule has 0 aromatic heterocycles. The maximum Gasteiger partial charge on any atom is 0.223 e. The van der Waals surface area contributed by atoms with Crippen LogP contribution in [0.25, 0.3) is 0 Å². The summed E-state index contributed by atoms with van der Waals surface area (Å²) in [5.74, 6) is 0.936. The predicted molar refractivity (Wildman–Crippen MR) is 60.1 cm³/mol. The van der Waals surface area contributed by atoms with E-state index in [1.165, 1.54) is 24.0 Å². The molecule has 0 saturated heterocycles. The summed E-state index contributed by atoms with van der Waals surface area (Å²) < 4.78 is 0. The highest BCUT2D eigenvalue weighted by Crippen LogP contribution is 2.42. The summed E-state index contributed by atoms with van der Waals surface area (Å²) in [7, 11) is 0. The van der Waals surface area contributed by atoms with Gasteiger partial charge in [-0.3, -0.25) is 4.79 Å². The minimum atomic E-state index is 0.168. The number of amides is 1. The van der Waals surface area contributed by atoms with Gasteiger partial charge in [0.1, 0.15) is 0 Å². The fraction of sp³-hybridized carbons (Fsp3) is 0.462. The number of carbonyl (C=O) groups excluding carboxylic acids is 1. The second-order valence-electron chi connectivity index (χ2n) is 4.58. The van der Waals surface area contributed by atoms with Gasteiger partial charge in [-0.1, -0.05) is 12.1 Å². The zero-order chi connectivity index (χ0) is 10.4. The number of carbonyl (C=O) groups is 1. The Morgan fingerprint density at radius 3 is 2.87 bits per heavy atom. The highest BCUT2D eigenvalue weighted by Gasteiger charge is 2.27. The molecule has 1 aliphatic carbocycles. The first kappa shape index (κ1) is 8.96. The molecular formula is C13H15NO. The molecule has 2 nitrogen and oxygen atoms in total. The van der Waals surface area contributed by atoms with Crippen LogP contribution in [0.5, 0.6) is 0 Å². The van der Waals surface area contributed by atoms with Gasteiger partial charge < -0.3 is 4.90 Å². The summed E-state index contributed by atoms with van der Waals surface area (Å²) in [6, 6.07) is 6.66. The summed E-state index contributed by atoms with van der Waals surface area (Å²) in [4.78, 5) is 13.3. The van der Waals surface area contributed by atoms with Gasteiger partial charge in [0.05, 0.1) is 0 Å².